The summed E-state index contributed by atoms with van der Waals surface area (Å²) in [5.41, 5.74) is 0.596. The lowest BCUT2D eigenvalue weighted by Gasteiger charge is -2.21. The van der Waals surface area contributed by atoms with Gasteiger partial charge in [-0.15, -0.1) is 13.2 Å². The van der Waals surface area contributed by atoms with Crippen LogP contribution in [0.2, 0.25) is 0 Å². The Morgan fingerprint density at radius 1 is 1.33 bits per heavy atom. The molecule has 1 aliphatic rings. The lowest BCUT2D eigenvalue weighted by atomic mass is 10.1. The van der Waals surface area contributed by atoms with Crippen LogP contribution in [0, 0.1) is 5.92 Å². The fourth-order valence-corrected chi connectivity index (χ4v) is 2.32. The van der Waals surface area contributed by atoms with Gasteiger partial charge in [0.1, 0.15) is 5.75 Å². The first-order valence-corrected chi connectivity index (χ1v) is 6.60. The molecule has 0 aliphatic heterocycles. The van der Waals surface area contributed by atoms with Crippen LogP contribution in [-0.4, -0.2) is 24.2 Å². The Labute approximate surface area is 121 Å². The van der Waals surface area contributed by atoms with Crippen molar-refractivity contribution in [3.05, 3.63) is 42.0 Å². The largest absolute Gasteiger partial charge is 0.573 e. The quantitative estimate of drug-likeness (QED) is 0.796. The Balaban J connectivity index is 1.98. The van der Waals surface area contributed by atoms with E-state index in [9.17, 15) is 18.0 Å². The van der Waals surface area contributed by atoms with Crippen molar-refractivity contribution < 1.29 is 22.7 Å². The molecule has 0 radical (unpaired) electrons. The van der Waals surface area contributed by atoms with Crippen molar-refractivity contribution >= 4 is 5.91 Å². The molecule has 1 aliphatic carbocycles. The first-order chi connectivity index (χ1) is 9.85. The van der Waals surface area contributed by atoms with Gasteiger partial charge in [-0.05, 0) is 30.5 Å². The molecule has 0 bridgehead atoms. The van der Waals surface area contributed by atoms with E-state index in [2.05, 4.69) is 4.74 Å². The van der Waals surface area contributed by atoms with Crippen LogP contribution in [0.5, 0.6) is 5.75 Å². The molecule has 0 saturated heterocycles. The van der Waals surface area contributed by atoms with Crippen LogP contribution >= 0.6 is 0 Å². The van der Waals surface area contributed by atoms with E-state index in [4.69, 9.17) is 0 Å². The van der Waals surface area contributed by atoms with E-state index in [1.54, 1.807) is 13.1 Å². The van der Waals surface area contributed by atoms with Gasteiger partial charge in [0.05, 0.1) is 0 Å². The van der Waals surface area contributed by atoms with Gasteiger partial charge in [-0.25, -0.2) is 0 Å². The zero-order valence-corrected chi connectivity index (χ0v) is 11.6. The number of allylic oxidation sites excluding steroid dienone is 2. The Hall–Kier alpha value is -1.98. The topological polar surface area (TPSA) is 29.5 Å². The van der Waals surface area contributed by atoms with Gasteiger partial charge < -0.3 is 9.64 Å². The van der Waals surface area contributed by atoms with Gasteiger partial charge in [-0.1, -0.05) is 24.3 Å². The molecule has 0 saturated carbocycles. The number of hydrogen-bond donors (Lipinski definition) is 0. The SMILES string of the molecule is CN(Cc1cccc(OC(F)(F)F)c1)C(=O)C1CC=CC1. The molecule has 3 nitrogen and oxygen atoms in total. The molecule has 1 aromatic carbocycles. The fourth-order valence-electron chi connectivity index (χ4n) is 2.32. The van der Waals surface area contributed by atoms with Gasteiger partial charge in [0.25, 0.3) is 0 Å². The van der Waals surface area contributed by atoms with E-state index in [0.29, 0.717) is 5.56 Å². The Morgan fingerprint density at radius 2 is 2.00 bits per heavy atom. The van der Waals surface area contributed by atoms with E-state index in [1.165, 1.54) is 23.1 Å². The summed E-state index contributed by atoms with van der Waals surface area (Å²) in [6.45, 7) is 0.254. The van der Waals surface area contributed by atoms with Gasteiger partial charge in [-0.2, -0.15) is 0 Å². The third-order valence-corrected chi connectivity index (χ3v) is 3.29. The molecule has 0 fully saturated rings. The van der Waals surface area contributed by atoms with E-state index in [1.807, 2.05) is 12.2 Å². The molecule has 21 heavy (non-hydrogen) atoms. The standard InChI is InChI=1S/C15H16F3NO2/c1-19(14(20)12-6-2-3-7-12)10-11-5-4-8-13(9-11)21-15(16,17)18/h2-5,8-9,12H,6-7,10H2,1H3. The van der Waals surface area contributed by atoms with Crippen LogP contribution in [0.25, 0.3) is 0 Å². The number of amides is 1. The van der Waals surface area contributed by atoms with Crippen molar-refractivity contribution in [2.75, 3.05) is 7.05 Å². The van der Waals surface area contributed by atoms with Crippen LogP contribution in [0.3, 0.4) is 0 Å². The fraction of sp³-hybridized carbons (Fsp3) is 0.400. The normalized spacial score (nSPS) is 15.2. The first kappa shape index (κ1) is 15.4. The van der Waals surface area contributed by atoms with Crippen molar-refractivity contribution in [2.24, 2.45) is 5.92 Å². The van der Waals surface area contributed by atoms with Crippen molar-refractivity contribution in [2.45, 2.75) is 25.7 Å². The van der Waals surface area contributed by atoms with Crippen LogP contribution in [-0.2, 0) is 11.3 Å². The van der Waals surface area contributed by atoms with Gasteiger partial charge in [0.15, 0.2) is 0 Å². The Morgan fingerprint density at radius 3 is 2.62 bits per heavy atom. The molecule has 0 atom stereocenters. The van der Waals surface area contributed by atoms with Crippen molar-refractivity contribution in [3.8, 4) is 5.75 Å². The van der Waals surface area contributed by atoms with Crippen molar-refractivity contribution in [1.29, 1.82) is 0 Å². The summed E-state index contributed by atoms with van der Waals surface area (Å²) in [6.07, 6.45) is 0.666. The van der Waals surface area contributed by atoms with E-state index < -0.39 is 6.36 Å². The molecular weight excluding hydrogens is 283 g/mol. The summed E-state index contributed by atoms with van der Waals surface area (Å²) in [5, 5.41) is 0. The first-order valence-electron chi connectivity index (χ1n) is 6.60. The van der Waals surface area contributed by atoms with E-state index in [0.717, 1.165) is 12.8 Å². The predicted molar refractivity (Wildman–Crippen MR) is 71.5 cm³/mol. The minimum Gasteiger partial charge on any atom is -0.406 e. The number of ether oxygens (including phenoxy) is 1. The summed E-state index contributed by atoms with van der Waals surface area (Å²) < 4.78 is 40.4. The van der Waals surface area contributed by atoms with Gasteiger partial charge in [0, 0.05) is 19.5 Å². The van der Waals surface area contributed by atoms with Crippen LogP contribution in [0.15, 0.2) is 36.4 Å². The number of carbonyl (C=O) groups excluding carboxylic acids is 1. The average Bonchev–Trinajstić information content (AvgIpc) is 2.89. The average molecular weight is 299 g/mol. The summed E-state index contributed by atoms with van der Waals surface area (Å²) >= 11 is 0. The second-order valence-corrected chi connectivity index (χ2v) is 5.03. The van der Waals surface area contributed by atoms with E-state index in [-0.39, 0.29) is 24.1 Å². The zero-order valence-electron chi connectivity index (χ0n) is 11.6. The van der Waals surface area contributed by atoms with Gasteiger partial charge >= 0.3 is 6.36 Å². The number of benzene rings is 1. The molecule has 0 unspecified atom stereocenters. The molecule has 114 valence electrons. The number of halogens is 3. The Kier molecular flexibility index (Phi) is 4.55. The second-order valence-electron chi connectivity index (χ2n) is 5.03. The lowest BCUT2D eigenvalue weighted by molar-refractivity contribution is -0.274. The predicted octanol–water partition coefficient (Wildman–Crippen LogP) is 3.51. The minimum atomic E-state index is -4.71. The second kappa shape index (κ2) is 6.20. The molecule has 6 heteroatoms. The molecule has 0 heterocycles. The van der Waals surface area contributed by atoms with Gasteiger partial charge in [0.2, 0.25) is 5.91 Å². The minimum absolute atomic E-state index is 0.00198. The number of carbonyl (C=O) groups is 1. The summed E-state index contributed by atoms with van der Waals surface area (Å²) in [6, 6.07) is 5.68. The molecule has 0 aromatic heterocycles. The molecular formula is C15H16F3NO2. The highest BCUT2D eigenvalue weighted by Gasteiger charge is 2.31. The monoisotopic (exact) mass is 299 g/mol. The maximum absolute atomic E-state index is 12.2. The highest BCUT2D eigenvalue weighted by molar-refractivity contribution is 5.79. The molecule has 0 N–H and O–H groups in total. The third-order valence-electron chi connectivity index (χ3n) is 3.29. The van der Waals surface area contributed by atoms with Crippen LogP contribution in [0.1, 0.15) is 18.4 Å². The van der Waals surface area contributed by atoms with Gasteiger partial charge in [-0.3, -0.25) is 4.79 Å². The smallest absolute Gasteiger partial charge is 0.406 e. The highest BCUT2D eigenvalue weighted by Crippen LogP contribution is 2.24. The third kappa shape index (κ3) is 4.51. The number of nitrogens with zero attached hydrogens (tertiary/aromatic N) is 1. The van der Waals surface area contributed by atoms with Crippen LogP contribution < -0.4 is 4.74 Å². The number of rotatable bonds is 4. The van der Waals surface area contributed by atoms with Crippen molar-refractivity contribution in [1.82, 2.24) is 4.90 Å². The summed E-state index contributed by atoms with van der Waals surface area (Å²) in [4.78, 5) is 13.7. The molecule has 1 aromatic rings. The maximum atomic E-state index is 12.2. The number of hydrogen-bond acceptors (Lipinski definition) is 2. The van der Waals surface area contributed by atoms with Crippen molar-refractivity contribution in [3.63, 3.8) is 0 Å². The lowest BCUT2D eigenvalue weighted by Crippen LogP contribution is -2.31. The molecule has 1 amide bonds. The maximum Gasteiger partial charge on any atom is 0.573 e. The zero-order chi connectivity index (χ0) is 15.5. The number of alkyl halides is 3. The van der Waals surface area contributed by atoms with Crippen LogP contribution in [0.4, 0.5) is 13.2 Å². The molecule has 0 spiro atoms. The summed E-state index contributed by atoms with van der Waals surface area (Å²) in [5.74, 6) is -0.324. The van der Waals surface area contributed by atoms with E-state index >= 15 is 0 Å². The summed E-state index contributed by atoms with van der Waals surface area (Å²) in [7, 11) is 1.65. The highest BCUT2D eigenvalue weighted by atomic mass is 19.4. The Bertz CT molecular complexity index is 532. The molecule has 2 rings (SSSR count).